The molecule has 66 valence electrons. The molecule has 0 saturated carbocycles. The summed E-state index contributed by atoms with van der Waals surface area (Å²) in [7, 11) is 0. The van der Waals surface area contributed by atoms with Crippen LogP contribution < -0.4 is 10.8 Å². The van der Waals surface area contributed by atoms with Crippen LogP contribution in [0.15, 0.2) is 0 Å². The molecule has 3 N–H and O–H groups in total. The quantitative estimate of drug-likeness (QED) is 0.385. The highest BCUT2D eigenvalue weighted by Gasteiger charge is 2.28. The number of hydroxylamine groups is 1. The van der Waals surface area contributed by atoms with Gasteiger partial charge in [0.05, 0.1) is 0 Å². The highest BCUT2D eigenvalue weighted by molar-refractivity contribution is 6.32. The second-order valence-electron chi connectivity index (χ2n) is 2.11. The summed E-state index contributed by atoms with van der Waals surface area (Å²) in [5.41, 5.74) is 1.97. The van der Waals surface area contributed by atoms with E-state index in [1.807, 2.05) is 10.8 Å². The lowest BCUT2D eigenvalue weighted by atomic mass is 10.3. The van der Waals surface area contributed by atoms with Crippen molar-refractivity contribution in [3.05, 3.63) is 0 Å². The molecule has 1 atom stereocenters. The zero-order valence-electron chi connectivity index (χ0n) is 5.86. The molecule has 7 heteroatoms. The van der Waals surface area contributed by atoms with Crippen LogP contribution in [0.4, 0.5) is 0 Å². The maximum atomic E-state index is 10.7. The molecule has 1 aliphatic rings. The van der Waals surface area contributed by atoms with Crippen LogP contribution in [0.5, 0.6) is 0 Å². The molecule has 2 amide bonds. The highest BCUT2D eigenvalue weighted by Crippen LogP contribution is 1.93. The molecule has 1 fully saturated rings. The topological polar surface area (TPSA) is 105 Å². The summed E-state index contributed by atoms with van der Waals surface area (Å²) in [5, 5.41) is 10.1. The average molecular weight is 174 g/mol. The molecule has 1 unspecified atom stereocenters. The maximum Gasteiger partial charge on any atom is 0.394 e. The number of hydrogen-bond acceptors (Lipinski definition) is 4. The van der Waals surface area contributed by atoms with E-state index in [1.165, 1.54) is 0 Å². The molecular formula is C5H6N2O5. The number of carboxylic acids is 1. The molecule has 0 aromatic rings. The van der Waals surface area contributed by atoms with E-state index in [1.54, 1.807) is 0 Å². The maximum absolute atomic E-state index is 10.7. The van der Waals surface area contributed by atoms with Crippen LogP contribution in [-0.2, 0) is 19.2 Å². The first kappa shape index (κ1) is 8.47. The molecule has 1 rings (SSSR count). The van der Waals surface area contributed by atoms with Crippen LogP contribution in [-0.4, -0.2) is 35.5 Å². The Morgan fingerprint density at radius 1 is 1.67 bits per heavy atom. The number of carboxylic acid groups (broad SMARTS) is 1. The molecule has 1 aliphatic heterocycles. The Morgan fingerprint density at radius 2 is 2.33 bits per heavy atom. The van der Waals surface area contributed by atoms with Gasteiger partial charge in [0.15, 0.2) is 0 Å². The summed E-state index contributed by atoms with van der Waals surface area (Å²) in [5.74, 6) is -3.40. The van der Waals surface area contributed by atoms with E-state index in [4.69, 9.17) is 5.11 Å². The van der Waals surface area contributed by atoms with Crippen LogP contribution in [0.25, 0.3) is 0 Å². The molecule has 0 aromatic heterocycles. The first-order valence-electron chi connectivity index (χ1n) is 3.06. The lowest BCUT2D eigenvalue weighted by Gasteiger charge is -2.03. The van der Waals surface area contributed by atoms with Gasteiger partial charge in [-0.3, -0.25) is 14.4 Å². The summed E-state index contributed by atoms with van der Waals surface area (Å²) >= 11 is 0. The zero-order valence-corrected chi connectivity index (χ0v) is 5.86. The zero-order chi connectivity index (χ0) is 9.14. The van der Waals surface area contributed by atoms with Crippen molar-refractivity contribution in [2.24, 2.45) is 0 Å². The number of nitrogens with one attached hydrogen (secondary N) is 2. The third-order valence-corrected chi connectivity index (χ3v) is 1.24. The van der Waals surface area contributed by atoms with Crippen LogP contribution in [0, 0.1) is 0 Å². The van der Waals surface area contributed by atoms with E-state index in [-0.39, 0.29) is 6.61 Å². The van der Waals surface area contributed by atoms with Gasteiger partial charge in [-0.15, -0.1) is 0 Å². The molecule has 1 heterocycles. The second kappa shape index (κ2) is 3.18. The summed E-state index contributed by atoms with van der Waals surface area (Å²) in [6.07, 6.45) is 0. The normalized spacial score (nSPS) is 21.7. The lowest BCUT2D eigenvalue weighted by molar-refractivity contribution is -0.150. The van der Waals surface area contributed by atoms with Crippen LogP contribution in [0.3, 0.4) is 0 Å². The van der Waals surface area contributed by atoms with Crippen LogP contribution in [0.2, 0.25) is 0 Å². The number of hydrogen-bond donors (Lipinski definition) is 3. The Balaban J connectivity index is 2.46. The van der Waals surface area contributed by atoms with Gasteiger partial charge in [0.2, 0.25) is 0 Å². The molecule has 1 saturated heterocycles. The van der Waals surface area contributed by atoms with Crippen molar-refractivity contribution < 1.29 is 24.3 Å². The minimum atomic E-state index is -1.63. The lowest BCUT2D eigenvalue weighted by Crippen LogP contribution is -2.44. The standard InChI is InChI=1S/C5H6N2O5/c8-3-2(1-12-7-3)6-4(9)5(10)11/h2H,1H2,(H,6,9)(H,7,8)(H,10,11). The Hall–Kier alpha value is -1.63. The minimum absolute atomic E-state index is 0.0577. The van der Waals surface area contributed by atoms with E-state index in [9.17, 15) is 14.4 Å². The fraction of sp³-hybridized carbons (Fsp3) is 0.400. The van der Waals surface area contributed by atoms with Crippen molar-refractivity contribution in [1.82, 2.24) is 10.8 Å². The first-order chi connectivity index (χ1) is 5.61. The smallest absolute Gasteiger partial charge is 0.394 e. The van der Waals surface area contributed by atoms with E-state index in [0.29, 0.717) is 0 Å². The third-order valence-electron chi connectivity index (χ3n) is 1.24. The van der Waals surface area contributed by atoms with Crippen molar-refractivity contribution >= 4 is 17.8 Å². The van der Waals surface area contributed by atoms with Gasteiger partial charge < -0.3 is 10.4 Å². The monoisotopic (exact) mass is 174 g/mol. The van der Waals surface area contributed by atoms with Gasteiger partial charge in [-0.1, -0.05) is 0 Å². The Bertz CT molecular complexity index is 238. The molecule has 0 aliphatic carbocycles. The second-order valence-corrected chi connectivity index (χ2v) is 2.11. The summed E-state index contributed by atoms with van der Waals surface area (Å²) < 4.78 is 0. The van der Waals surface area contributed by atoms with E-state index in [0.717, 1.165) is 0 Å². The molecule has 0 radical (unpaired) electrons. The minimum Gasteiger partial charge on any atom is -0.474 e. The van der Waals surface area contributed by atoms with Crippen LogP contribution in [0.1, 0.15) is 0 Å². The molecular weight excluding hydrogens is 168 g/mol. The predicted octanol–water partition coefficient (Wildman–Crippen LogP) is -2.38. The average Bonchev–Trinajstić information content (AvgIpc) is 2.36. The fourth-order valence-corrected chi connectivity index (χ4v) is 0.670. The van der Waals surface area contributed by atoms with Gasteiger partial charge in [-0.05, 0) is 0 Å². The van der Waals surface area contributed by atoms with Crippen LogP contribution >= 0.6 is 0 Å². The van der Waals surface area contributed by atoms with E-state index < -0.39 is 23.8 Å². The van der Waals surface area contributed by atoms with Gasteiger partial charge >= 0.3 is 11.9 Å². The Kier molecular flexibility index (Phi) is 2.24. The van der Waals surface area contributed by atoms with Crippen molar-refractivity contribution in [3.8, 4) is 0 Å². The molecule has 12 heavy (non-hydrogen) atoms. The van der Waals surface area contributed by atoms with Crippen molar-refractivity contribution in [3.63, 3.8) is 0 Å². The number of aliphatic carboxylic acids is 1. The Labute approximate surface area is 66.6 Å². The molecule has 0 bridgehead atoms. The first-order valence-corrected chi connectivity index (χ1v) is 3.06. The van der Waals surface area contributed by atoms with E-state index in [2.05, 4.69) is 4.84 Å². The number of amides is 2. The molecule has 0 spiro atoms. The Morgan fingerprint density at radius 3 is 2.75 bits per heavy atom. The summed E-state index contributed by atoms with van der Waals surface area (Å²) in [6, 6.07) is -0.909. The number of carbonyl (C=O) groups is 3. The van der Waals surface area contributed by atoms with Gasteiger partial charge in [0.25, 0.3) is 5.91 Å². The highest BCUT2D eigenvalue weighted by atomic mass is 16.7. The number of carbonyl (C=O) groups excluding carboxylic acids is 2. The van der Waals surface area contributed by atoms with Gasteiger partial charge in [0, 0.05) is 0 Å². The fourth-order valence-electron chi connectivity index (χ4n) is 0.670. The number of rotatable bonds is 1. The SMILES string of the molecule is O=C(O)C(=O)NC1CONC1=O. The summed E-state index contributed by atoms with van der Waals surface area (Å²) in [6.45, 7) is -0.0577. The predicted molar refractivity (Wildman–Crippen MR) is 33.7 cm³/mol. The van der Waals surface area contributed by atoms with Gasteiger partial charge in [-0.2, -0.15) is 0 Å². The van der Waals surface area contributed by atoms with Crippen molar-refractivity contribution in [2.75, 3.05) is 6.61 Å². The summed E-state index contributed by atoms with van der Waals surface area (Å²) in [4.78, 5) is 35.6. The van der Waals surface area contributed by atoms with Crippen molar-refractivity contribution in [2.45, 2.75) is 6.04 Å². The van der Waals surface area contributed by atoms with Crippen molar-refractivity contribution in [1.29, 1.82) is 0 Å². The van der Waals surface area contributed by atoms with E-state index >= 15 is 0 Å². The van der Waals surface area contributed by atoms with Gasteiger partial charge in [-0.25, -0.2) is 10.3 Å². The molecule has 7 nitrogen and oxygen atoms in total. The molecule has 0 aromatic carbocycles. The third kappa shape index (κ3) is 1.70. The van der Waals surface area contributed by atoms with Gasteiger partial charge in [0.1, 0.15) is 12.6 Å². The largest absolute Gasteiger partial charge is 0.474 e.